The molecule has 1 atom stereocenters. The second-order valence-electron chi connectivity index (χ2n) is 21.4. The first-order valence-corrected chi connectivity index (χ1v) is 21.4. The van der Waals surface area contributed by atoms with Gasteiger partial charge in [0.05, 0.1) is 0 Å². The molecule has 0 aromatic heterocycles. The summed E-state index contributed by atoms with van der Waals surface area (Å²) in [5.41, 5.74) is 16.9. The molecule has 0 aliphatic heterocycles. The molecule has 6 rings (SSSR count). The van der Waals surface area contributed by atoms with Gasteiger partial charge in [0, 0.05) is 0 Å². The van der Waals surface area contributed by atoms with Crippen molar-refractivity contribution in [2.75, 3.05) is 0 Å². The molecular formula is C53H65Cl2Zr. The molecule has 0 heterocycles. The summed E-state index contributed by atoms with van der Waals surface area (Å²) in [6.45, 7) is 40.2. The van der Waals surface area contributed by atoms with E-state index in [0.29, 0.717) is 5.92 Å². The molecule has 0 spiro atoms. The molecule has 56 heavy (non-hydrogen) atoms. The number of benzene rings is 4. The van der Waals surface area contributed by atoms with Gasteiger partial charge in [0.25, 0.3) is 0 Å². The van der Waals surface area contributed by atoms with Crippen LogP contribution in [0.4, 0.5) is 0 Å². The summed E-state index contributed by atoms with van der Waals surface area (Å²) in [5, 5.41) is 5.63. The second kappa shape index (κ2) is 15.6. The van der Waals surface area contributed by atoms with Gasteiger partial charge in [-0.25, -0.2) is 0 Å². The van der Waals surface area contributed by atoms with E-state index in [1.807, 2.05) is 0 Å². The number of rotatable bonds is 3. The van der Waals surface area contributed by atoms with Crippen LogP contribution in [0.25, 0.3) is 14.4 Å². The summed E-state index contributed by atoms with van der Waals surface area (Å²) in [7, 11) is 0. The van der Waals surface area contributed by atoms with Gasteiger partial charge in [0.2, 0.25) is 0 Å². The molecule has 0 radical (unpaired) electrons. The molecule has 0 bridgehead atoms. The Hall–Kier alpha value is -2.44. The topological polar surface area (TPSA) is 0 Å². The fourth-order valence-electron chi connectivity index (χ4n) is 8.76. The molecule has 4 aromatic carbocycles. The van der Waals surface area contributed by atoms with Crippen molar-refractivity contribution in [2.45, 2.75) is 139 Å². The summed E-state index contributed by atoms with van der Waals surface area (Å²) in [5.74, 6) is 0.294. The first-order valence-electron chi connectivity index (χ1n) is 20.2. The fourth-order valence-corrected chi connectivity index (χ4v) is 9.94. The van der Waals surface area contributed by atoms with Crippen molar-refractivity contribution < 1.29 is 49.5 Å². The number of halogens is 2. The zero-order valence-electron chi connectivity index (χ0n) is 37.3. The molecule has 0 saturated heterocycles. The summed E-state index contributed by atoms with van der Waals surface area (Å²) in [6.07, 6.45) is 2.57. The van der Waals surface area contributed by atoms with Gasteiger partial charge in [0.15, 0.2) is 0 Å². The van der Waals surface area contributed by atoms with Crippen LogP contribution < -0.4 is 35.3 Å². The van der Waals surface area contributed by atoms with E-state index < -0.39 is 0 Å². The van der Waals surface area contributed by atoms with Crippen molar-refractivity contribution in [2.24, 2.45) is 11.3 Å². The van der Waals surface area contributed by atoms with Gasteiger partial charge in [-0.2, -0.15) is 0 Å². The van der Waals surface area contributed by atoms with Crippen molar-refractivity contribution in [1.82, 2.24) is 0 Å². The Balaban J connectivity index is 0.00000348. The number of allylic oxidation sites excluding steroid dienone is 4. The molecule has 4 aromatic rings. The second-order valence-corrected chi connectivity index (χ2v) is 22.6. The molecule has 0 saturated carbocycles. The van der Waals surface area contributed by atoms with E-state index in [1.165, 1.54) is 116 Å². The minimum Gasteiger partial charge on any atom is -1.00 e. The van der Waals surface area contributed by atoms with E-state index in [1.54, 1.807) is 0 Å². The standard InChI is InChI=1S/C53H65.2ClH.Zr/c1-32-28-43(52(12,13)14)33(2)45(32)47-42-29-36-22-27-39(51(9,10)11)30-40(36)41(42)31-44(53(15,16)17)48(47)46(34-18-23-37(24-19-34)49(3,4)5)35-20-25-38(26-21-35)50(6,7)8;;;/h18-28,30-32H,1-17H3;2*1H;/q;;;+2/p-2. The zero-order valence-corrected chi connectivity index (χ0v) is 41.3. The molecule has 295 valence electrons. The van der Waals surface area contributed by atoms with Gasteiger partial charge in [-0.15, -0.1) is 0 Å². The van der Waals surface area contributed by atoms with E-state index >= 15 is 0 Å². The fraction of sp³-hybridized carbons (Fsp3) is 0.434. The summed E-state index contributed by atoms with van der Waals surface area (Å²) in [6, 6.07) is 29.0. The number of hydrogen-bond donors (Lipinski definition) is 0. The Morgan fingerprint density at radius 2 is 0.946 bits per heavy atom. The molecule has 0 N–H and O–H groups in total. The molecule has 2 aliphatic rings. The van der Waals surface area contributed by atoms with Crippen LogP contribution >= 0.6 is 0 Å². The average Bonchev–Trinajstić information content (AvgIpc) is 3.51. The van der Waals surface area contributed by atoms with Crippen LogP contribution in [0, 0.1) is 21.8 Å². The summed E-state index contributed by atoms with van der Waals surface area (Å²) < 4.78 is 1.48. The van der Waals surface area contributed by atoms with Crippen molar-refractivity contribution in [1.29, 1.82) is 0 Å². The Bertz CT molecular complexity index is 2380. The number of fused-ring (bicyclic) bond motifs is 2. The van der Waals surface area contributed by atoms with Gasteiger partial charge in [-0.05, 0) is 0 Å². The first-order chi connectivity index (χ1) is 24.7. The van der Waals surface area contributed by atoms with Gasteiger partial charge < -0.3 is 24.8 Å². The van der Waals surface area contributed by atoms with Crippen LogP contribution in [-0.2, 0) is 46.4 Å². The molecular weight excluding hydrogens is 799 g/mol. The van der Waals surface area contributed by atoms with Crippen molar-refractivity contribution in [3.8, 4) is 0 Å². The maximum atomic E-state index is 2.61. The van der Waals surface area contributed by atoms with Crippen LogP contribution in [0.2, 0.25) is 0 Å². The molecule has 1 unspecified atom stereocenters. The van der Waals surface area contributed by atoms with Crippen molar-refractivity contribution >= 4 is 14.4 Å². The molecule has 3 heteroatoms. The predicted octanol–water partition coefficient (Wildman–Crippen LogP) is 6.83. The van der Waals surface area contributed by atoms with Gasteiger partial charge in [0.1, 0.15) is 0 Å². The summed E-state index contributed by atoms with van der Waals surface area (Å²) >= 11 is 1.46. The molecule has 0 fully saturated rings. The van der Waals surface area contributed by atoms with Crippen LogP contribution in [0.15, 0.2) is 90.0 Å². The van der Waals surface area contributed by atoms with Crippen molar-refractivity contribution in [3.63, 3.8) is 0 Å². The van der Waals surface area contributed by atoms with E-state index in [4.69, 9.17) is 0 Å². The quantitative estimate of drug-likeness (QED) is 0.212. The van der Waals surface area contributed by atoms with Crippen LogP contribution in [-0.4, -0.2) is 0 Å². The largest absolute Gasteiger partial charge is 1.00 e. The Labute approximate surface area is 367 Å². The van der Waals surface area contributed by atoms with E-state index in [0.717, 1.165) is 0 Å². The Kier molecular flexibility index (Phi) is 12.9. The first kappa shape index (κ1) is 46.3. The molecule has 2 aliphatic carbocycles. The minimum absolute atomic E-state index is 0. The Morgan fingerprint density at radius 1 is 0.500 bits per heavy atom. The van der Waals surface area contributed by atoms with E-state index in [-0.39, 0.29) is 51.9 Å². The third-order valence-corrected chi connectivity index (χ3v) is 13.2. The van der Waals surface area contributed by atoms with Crippen LogP contribution in [0.5, 0.6) is 0 Å². The third kappa shape index (κ3) is 8.50. The van der Waals surface area contributed by atoms with Crippen LogP contribution in [0.1, 0.15) is 162 Å². The van der Waals surface area contributed by atoms with E-state index in [2.05, 4.69) is 197 Å². The zero-order chi connectivity index (χ0) is 40.1. The smallest absolute Gasteiger partial charge is 1.00 e. The minimum atomic E-state index is -0.122. The maximum absolute atomic E-state index is 2.61. The van der Waals surface area contributed by atoms with Crippen molar-refractivity contribution in [3.05, 3.63) is 155 Å². The molecule has 0 amide bonds. The SMILES string of the molecule is CC1=C(c2c3c(cc(C(C)(C)C)c2=C(c2ccc(C(C)(C)C)cc2)c2ccc(C(C)(C)C)cc2)=c2cc(C(C)(C)C)ccc2=[C]3[Zr+2])C(C)C=C1C(C)(C)C.[Cl-].[Cl-]. The monoisotopic (exact) mass is 861 g/mol. The van der Waals surface area contributed by atoms with Gasteiger partial charge in [-0.3, -0.25) is 0 Å². The normalized spacial score (nSPS) is 15.9. The molecule has 0 nitrogen and oxygen atoms in total. The average molecular weight is 864 g/mol. The Morgan fingerprint density at radius 3 is 1.34 bits per heavy atom. The van der Waals surface area contributed by atoms with E-state index in [9.17, 15) is 0 Å². The van der Waals surface area contributed by atoms with Crippen LogP contribution in [0.3, 0.4) is 0 Å². The maximum Gasteiger partial charge on any atom is -1.00 e. The number of hydrogen-bond acceptors (Lipinski definition) is 0. The van der Waals surface area contributed by atoms with Gasteiger partial charge >= 0.3 is 345 Å². The third-order valence-electron chi connectivity index (χ3n) is 11.9. The van der Waals surface area contributed by atoms with Gasteiger partial charge in [-0.1, -0.05) is 0 Å². The predicted molar refractivity (Wildman–Crippen MR) is 231 cm³/mol. The summed E-state index contributed by atoms with van der Waals surface area (Å²) in [4.78, 5) is 0.